The molecule has 2 heterocycles. The molecular formula is C14H17N3O3. The molecule has 1 aromatic heterocycles. The Morgan fingerprint density at radius 1 is 1.40 bits per heavy atom. The van der Waals surface area contributed by atoms with Crippen molar-refractivity contribution in [3.05, 3.63) is 30.2 Å². The minimum atomic E-state index is -0.0596. The van der Waals surface area contributed by atoms with E-state index in [1.165, 1.54) is 0 Å². The van der Waals surface area contributed by atoms with Crippen molar-refractivity contribution in [2.45, 2.75) is 19.1 Å². The second-order valence-corrected chi connectivity index (χ2v) is 4.70. The zero-order valence-corrected chi connectivity index (χ0v) is 11.5. The van der Waals surface area contributed by atoms with Crippen LogP contribution in [0.5, 0.6) is 5.75 Å². The lowest BCUT2D eigenvalue weighted by Gasteiger charge is -2.27. The normalized spacial score (nSPS) is 22.7. The third kappa shape index (κ3) is 2.52. The molecule has 0 spiro atoms. The molecule has 1 fully saturated rings. The quantitative estimate of drug-likeness (QED) is 0.921. The predicted octanol–water partition coefficient (Wildman–Crippen LogP) is 1.79. The Bertz CT molecular complexity index is 585. The van der Waals surface area contributed by atoms with Gasteiger partial charge in [0.2, 0.25) is 11.7 Å². The third-order valence-electron chi connectivity index (χ3n) is 3.35. The summed E-state index contributed by atoms with van der Waals surface area (Å²) in [6.07, 6.45) is 0.0161. The van der Waals surface area contributed by atoms with E-state index in [-0.39, 0.29) is 12.1 Å². The first-order chi connectivity index (χ1) is 9.78. The van der Waals surface area contributed by atoms with Crippen LogP contribution in [0.25, 0.3) is 11.4 Å². The minimum absolute atomic E-state index is 0.0161. The van der Waals surface area contributed by atoms with E-state index in [0.717, 1.165) is 17.9 Å². The van der Waals surface area contributed by atoms with Crippen molar-refractivity contribution in [2.75, 3.05) is 20.3 Å². The van der Waals surface area contributed by atoms with Crippen LogP contribution < -0.4 is 10.1 Å². The van der Waals surface area contributed by atoms with Crippen LogP contribution in [0.4, 0.5) is 0 Å². The van der Waals surface area contributed by atoms with E-state index in [1.807, 2.05) is 31.2 Å². The molecule has 0 radical (unpaired) electrons. The monoisotopic (exact) mass is 275 g/mol. The van der Waals surface area contributed by atoms with Gasteiger partial charge >= 0.3 is 0 Å². The lowest BCUT2D eigenvalue weighted by Crippen LogP contribution is -2.40. The van der Waals surface area contributed by atoms with Crippen LogP contribution >= 0.6 is 0 Å². The van der Waals surface area contributed by atoms with Gasteiger partial charge in [0.15, 0.2) is 0 Å². The highest BCUT2D eigenvalue weighted by Crippen LogP contribution is 2.25. The number of ether oxygens (including phenoxy) is 2. The molecule has 1 N–H and O–H groups in total. The van der Waals surface area contributed by atoms with Gasteiger partial charge in [0.05, 0.1) is 19.8 Å². The van der Waals surface area contributed by atoms with Crippen LogP contribution in [0, 0.1) is 0 Å². The molecule has 1 aliphatic heterocycles. The number of rotatable bonds is 3. The van der Waals surface area contributed by atoms with E-state index in [4.69, 9.17) is 14.0 Å². The van der Waals surface area contributed by atoms with Crippen molar-refractivity contribution in [3.8, 4) is 17.1 Å². The van der Waals surface area contributed by atoms with Crippen LogP contribution in [0.3, 0.4) is 0 Å². The third-order valence-corrected chi connectivity index (χ3v) is 3.35. The van der Waals surface area contributed by atoms with Crippen LogP contribution in [-0.2, 0) is 4.74 Å². The SMILES string of the molecule is COc1cccc(-c2noc([C@H]3NCCO[C@@H]3C)n2)c1. The molecule has 0 saturated carbocycles. The van der Waals surface area contributed by atoms with Crippen molar-refractivity contribution in [1.29, 1.82) is 0 Å². The molecule has 0 amide bonds. The Kier molecular flexibility index (Phi) is 3.66. The Labute approximate surface area is 117 Å². The largest absolute Gasteiger partial charge is 0.497 e. The standard InChI is InChI=1S/C14H17N3O3/c1-9-12(15-6-7-19-9)14-16-13(17-20-14)10-4-3-5-11(8-10)18-2/h3-5,8-9,12,15H,6-7H2,1-2H3/t9-,12+/m1/s1. The summed E-state index contributed by atoms with van der Waals surface area (Å²) in [6.45, 7) is 3.48. The van der Waals surface area contributed by atoms with Crippen molar-refractivity contribution in [1.82, 2.24) is 15.5 Å². The minimum Gasteiger partial charge on any atom is -0.497 e. The number of nitrogens with one attached hydrogen (secondary N) is 1. The van der Waals surface area contributed by atoms with Crippen molar-refractivity contribution < 1.29 is 14.0 Å². The van der Waals surface area contributed by atoms with Crippen molar-refractivity contribution >= 4 is 0 Å². The smallest absolute Gasteiger partial charge is 0.246 e. The highest BCUT2D eigenvalue weighted by molar-refractivity contribution is 5.56. The number of benzene rings is 1. The maximum absolute atomic E-state index is 5.59. The summed E-state index contributed by atoms with van der Waals surface area (Å²) >= 11 is 0. The van der Waals surface area contributed by atoms with Gasteiger partial charge in [-0.1, -0.05) is 17.3 Å². The Hall–Kier alpha value is -1.92. The van der Waals surface area contributed by atoms with E-state index >= 15 is 0 Å². The molecule has 3 rings (SSSR count). The molecule has 0 unspecified atom stereocenters. The van der Waals surface area contributed by atoms with Crippen LogP contribution in [0.2, 0.25) is 0 Å². The molecule has 0 bridgehead atoms. The molecule has 106 valence electrons. The van der Waals surface area contributed by atoms with Gasteiger partial charge in [-0.2, -0.15) is 4.98 Å². The molecule has 2 aromatic rings. The molecule has 6 nitrogen and oxygen atoms in total. The van der Waals surface area contributed by atoms with E-state index in [2.05, 4.69) is 15.5 Å². The Morgan fingerprint density at radius 2 is 2.30 bits per heavy atom. The fraction of sp³-hybridized carbons (Fsp3) is 0.429. The number of methoxy groups -OCH3 is 1. The molecular weight excluding hydrogens is 258 g/mol. The molecule has 6 heteroatoms. The molecule has 1 aliphatic rings. The van der Waals surface area contributed by atoms with Crippen LogP contribution in [0.1, 0.15) is 18.9 Å². The van der Waals surface area contributed by atoms with E-state index in [9.17, 15) is 0 Å². The summed E-state index contributed by atoms with van der Waals surface area (Å²) in [5.41, 5.74) is 0.865. The lowest BCUT2D eigenvalue weighted by atomic mass is 10.1. The molecule has 1 saturated heterocycles. The van der Waals surface area contributed by atoms with E-state index < -0.39 is 0 Å². The van der Waals surface area contributed by atoms with Crippen LogP contribution in [-0.4, -0.2) is 36.5 Å². The van der Waals surface area contributed by atoms with Gasteiger partial charge in [0, 0.05) is 12.1 Å². The summed E-state index contributed by atoms with van der Waals surface area (Å²) in [5, 5.41) is 7.36. The number of hydrogen-bond donors (Lipinski definition) is 1. The first-order valence-corrected chi connectivity index (χ1v) is 6.61. The average molecular weight is 275 g/mol. The molecule has 1 aromatic carbocycles. The molecule has 20 heavy (non-hydrogen) atoms. The summed E-state index contributed by atoms with van der Waals surface area (Å²) in [7, 11) is 1.63. The van der Waals surface area contributed by atoms with Gasteiger partial charge in [-0.25, -0.2) is 0 Å². The first kappa shape index (κ1) is 13.1. The van der Waals surface area contributed by atoms with Gasteiger partial charge in [0.1, 0.15) is 11.8 Å². The number of morpholine rings is 1. The number of aromatic nitrogens is 2. The fourth-order valence-corrected chi connectivity index (χ4v) is 2.25. The van der Waals surface area contributed by atoms with Crippen molar-refractivity contribution in [3.63, 3.8) is 0 Å². The van der Waals surface area contributed by atoms with Gasteiger partial charge < -0.3 is 19.3 Å². The highest BCUT2D eigenvalue weighted by atomic mass is 16.5. The topological polar surface area (TPSA) is 69.4 Å². The van der Waals surface area contributed by atoms with Crippen molar-refractivity contribution in [2.24, 2.45) is 0 Å². The summed E-state index contributed by atoms with van der Waals surface area (Å²) in [6, 6.07) is 7.52. The van der Waals surface area contributed by atoms with Crippen LogP contribution in [0.15, 0.2) is 28.8 Å². The highest BCUT2D eigenvalue weighted by Gasteiger charge is 2.28. The maximum atomic E-state index is 5.59. The summed E-state index contributed by atoms with van der Waals surface area (Å²) < 4.78 is 16.1. The number of hydrogen-bond acceptors (Lipinski definition) is 6. The average Bonchev–Trinajstić information content (AvgIpc) is 2.97. The number of nitrogens with zero attached hydrogens (tertiary/aromatic N) is 2. The lowest BCUT2D eigenvalue weighted by molar-refractivity contribution is -0.00136. The first-order valence-electron chi connectivity index (χ1n) is 6.61. The zero-order valence-electron chi connectivity index (χ0n) is 11.5. The summed E-state index contributed by atoms with van der Waals surface area (Å²) in [4.78, 5) is 4.45. The second-order valence-electron chi connectivity index (χ2n) is 4.70. The second kappa shape index (κ2) is 5.60. The molecule has 0 aliphatic carbocycles. The molecule has 2 atom stereocenters. The fourth-order valence-electron chi connectivity index (χ4n) is 2.25. The Morgan fingerprint density at radius 3 is 3.10 bits per heavy atom. The zero-order chi connectivity index (χ0) is 13.9. The van der Waals surface area contributed by atoms with Gasteiger partial charge in [-0.15, -0.1) is 0 Å². The van der Waals surface area contributed by atoms with E-state index in [0.29, 0.717) is 18.3 Å². The summed E-state index contributed by atoms with van der Waals surface area (Å²) in [5.74, 6) is 1.87. The van der Waals surface area contributed by atoms with E-state index in [1.54, 1.807) is 7.11 Å². The maximum Gasteiger partial charge on any atom is 0.246 e. The van der Waals surface area contributed by atoms with Gasteiger partial charge in [-0.3, -0.25) is 0 Å². The van der Waals surface area contributed by atoms with Gasteiger partial charge in [-0.05, 0) is 19.1 Å². The predicted molar refractivity (Wildman–Crippen MR) is 72.4 cm³/mol. The van der Waals surface area contributed by atoms with Gasteiger partial charge in [0.25, 0.3) is 0 Å². The Balaban J connectivity index is 1.85.